The van der Waals surface area contributed by atoms with Gasteiger partial charge in [-0.15, -0.1) is 11.6 Å². The number of ether oxygens (including phenoxy) is 2. The van der Waals surface area contributed by atoms with Crippen molar-refractivity contribution in [1.82, 2.24) is 60.5 Å². The first-order valence-corrected chi connectivity index (χ1v) is 40.5. The minimum atomic E-state index is -1.70. The smallest absolute Gasteiger partial charge is 0.248 e. The Morgan fingerprint density at radius 1 is 0.500 bits per heavy atom. The van der Waals surface area contributed by atoms with E-state index >= 15 is 38.4 Å². The molecule has 28 nitrogen and oxygen atoms in total. The minimum absolute atomic E-state index is 0.00615. The quantitative estimate of drug-likeness (QED) is 0.0649. The number of aliphatic hydroxyl groups excluding tert-OH is 2. The molecule has 618 valence electrons. The molecule has 0 spiro atoms. The number of aliphatic hydroxyl groups is 2. The topological polar surface area (TPSA) is 338 Å². The third-order valence-corrected chi connectivity index (χ3v) is 22.2. The normalized spacial score (nSPS) is 28.1. The Balaban J connectivity index is 1.99. The molecule has 2 saturated carbocycles. The number of hydrogen-bond acceptors (Lipinski definition) is 16. The fourth-order valence-corrected chi connectivity index (χ4v) is 15.6. The monoisotopic (exact) mass is 1550 g/mol. The summed E-state index contributed by atoms with van der Waals surface area (Å²) in [5.74, 6) is -9.52. The van der Waals surface area contributed by atoms with Gasteiger partial charge in [-0.05, 0) is 147 Å². The second-order valence-corrected chi connectivity index (χ2v) is 34.7. The van der Waals surface area contributed by atoms with Crippen molar-refractivity contribution in [3.8, 4) is 0 Å². The van der Waals surface area contributed by atoms with Crippen LogP contribution < -0.4 is 21.3 Å². The molecule has 2 saturated heterocycles. The van der Waals surface area contributed by atoms with Crippen LogP contribution in [-0.2, 0) is 67.0 Å². The highest BCUT2D eigenvalue weighted by Gasteiger charge is 2.46. The molecule has 29 heteroatoms. The van der Waals surface area contributed by atoms with Gasteiger partial charge in [0.15, 0.2) is 0 Å². The van der Waals surface area contributed by atoms with Gasteiger partial charge in [0.05, 0.1) is 37.4 Å². The van der Waals surface area contributed by atoms with Gasteiger partial charge in [0.2, 0.25) is 70.9 Å². The van der Waals surface area contributed by atoms with Crippen molar-refractivity contribution in [2.24, 2.45) is 35.5 Å². The van der Waals surface area contributed by atoms with Crippen molar-refractivity contribution < 1.29 is 77.2 Å². The highest BCUT2D eigenvalue weighted by Crippen LogP contribution is 2.34. The van der Waals surface area contributed by atoms with Gasteiger partial charge in [-0.25, -0.2) is 0 Å². The number of nitrogens with zero attached hydrogens (tertiary/aromatic N) is 8. The van der Waals surface area contributed by atoms with Gasteiger partial charge in [0, 0.05) is 87.4 Å². The lowest BCUT2D eigenvalue weighted by atomic mass is 9.83. The summed E-state index contributed by atoms with van der Waals surface area (Å²) in [5, 5.41) is 33.0. The second-order valence-electron chi connectivity index (χ2n) is 34.1. The summed E-state index contributed by atoms with van der Waals surface area (Å²) in [7, 11) is 10.2. The van der Waals surface area contributed by atoms with Crippen LogP contribution in [0.2, 0.25) is 0 Å². The minimum Gasteiger partial charge on any atom is -0.393 e. The van der Waals surface area contributed by atoms with Crippen molar-refractivity contribution in [3.05, 3.63) is 0 Å². The van der Waals surface area contributed by atoms with Gasteiger partial charge >= 0.3 is 0 Å². The van der Waals surface area contributed by atoms with Crippen molar-refractivity contribution in [2.75, 3.05) is 88.8 Å². The first-order chi connectivity index (χ1) is 50.5. The van der Waals surface area contributed by atoms with Crippen molar-refractivity contribution in [1.29, 1.82) is 0 Å². The number of carbonyl (C=O) groups excluding carboxylic acids is 12. The molecule has 4 aliphatic rings. The molecule has 6 N–H and O–H groups in total. The first-order valence-electron chi connectivity index (χ1n) is 40.0. The molecular formula is C79H139ClN12O16. The zero-order valence-corrected chi connectivity index (χ0v) is 69.9. The van der Waals surface area contributed by atoms with Crippen LogP contribution in [0.3, 0.4) is 0 Å². The fraction of sp³-hybridized carbons (Fsp3) is 0.848. The third-order valence-electron chi connectivity index (χ3n) is 21.8. The van der Waals surface area contributed by atoms with Crippen LogP contribution in [0.1, 0.15) is 225 Å². The average Bonchev–Trinajstić information content (AvgIpc) is 0.811. The zero-order chi connectivity index (χ0) is 81.4. The number of rotatable bonds is 20. The number of carbonyl (C=O) groups is 12. The van der Waals surface area contributed by atoms with Crippen molar-refractivity contribution in [2.45, 2.75) is 308 Å². The largest absolute Gasteiger partial charge is 0.393 e. The predicted molar refractivity (Wildman–Crippen MR) is 414 cm³/mol. The van der Waals surface area contributed by atoms with E-state index in [9.17, 15) is 29.4 Å². The maximum Gasteiger partial charge on any atom is 0.248 e. The lowest BCUT2D eigenvalue weighted by Crippen LogP contribution is -2.63. The summed E-state index contributed by atoms with van der Waals surface area (Å²) in [6.45, 7) is 22.8. The van der Waals surface area contributed by atoms with Crippen molar-refractivity contribution in [3.63, 3.8) is 0 Å². The number of likely N-dealkylation sites (tertiary alicyclic amines) is 1. The Morgan fingerprint density at radius 2 is 0.972 bits per heavy atom. The summed E-state index contributed by atoms with van der Waals surface area (Å²) in [5.41, 5.74) is -0.879. The Kier molecular flexibility index (Phi) is 39.0. The number of halogens is 1. The Hall–Kier alpha value is -6.23. The number of hydrogen-bond donors (Lipinski definition) is 6. The molecule has 2 aliphatic heterocycles. The van der Waals surface area contributed by atoms with Crippen LogP contribution in [0, 0.1) is 35.5 Å². The summed E-state index contributed by atoms with van der Waals surface area (Å²) >= 11 is 6.85. The molecule has 108 heavy (non-hydrogen) atoms. The summed E-state index contributed by atoms with van der Waals surface area (Å²) in [4.78, 5) is 192. The second kappa shape index (κ2) is 44.7. The molecule has 2 aliphatic carbocycles. The van der Waals surface area contributed by atoms with Crippen LogP contribution in [0.5, 0.6) is 0 Å². The lowest BCUT2D eigenvalue weighted by Gasteiger charge is -2.40. The van der Waals surface area contributed by atoms with E-state index in [0.29, 0.717) is 38.8 Å². The Labute approximate surface area is 650 Å². The van der Waals surface area contributed by atoms with E-state index in [1.165, 1.54) is 85.7 Å². The highest BCUT2D eigenvalue weighted by molar-refractivity contribution is 6.20. The lowest BCUT2D eigenvalue weighted by molar-refractivity contribution is -0.152. The number of alkyl halides is 1. The van der Waals surface area contributed by atoms with Crippen LogP contribution in [0.25, 0.3) is 0 Å². The summed E-state index contributed by atoms with van der Waals surface area (Å²) in [6.07, 6.45) is 7.05. The zero-order valence-electron chi connectivity index (χ0n) is 69.1. The van der Waals surface area contributed by atoms with Gasteiger partial charge in [0.1, 0.15) is 60.4 Å². The average molecular weight is 1550 g/mol. The number of nitrogens with one attached hydrogen (secondary N) is 4. The van der Waals surface area contributed by atoms with E-state index in [4.69, 9.17) is 21.1 Å². The van der Waals surface area contributed by atoms with Crippen LogP contribution >= 0.6 is 11.6 Å². The molecule has 0 aromatic heterocycles. The van der Waals surface area contributed by atoms with E-state index in [2.05, 4.69) is 21.3 Å². The summed E-state index contributed by atoms with van der Waals surface area (Å²) in [6, 6.07) is -13.6. The summed E-state index contributed by atoms with van der Waals surface area (Å²) < 4.78 is 12.3. The molecule has 14 atom stereocenters. The first kappa shape index (κ1) is 94.1. The molecular weight excluding hydrogens is 1410 g/mol. The Bertz CT molecular complexity index is 2960. The molecule has 0 radical (unpaired) electrons. The number of piperidine rings is 1. The SMILES string of the molecule is CC(C)C[C@H]1C(=O)N[C@@H]([C@@H](C)O)C(=O)N(C)[C@@H](CC(C)C)C(=O)N(C)[C@@H](CC(C)C)C(=O)N[C@H](C(=O)N2CCCCC2)CC(=O)N(C)CCCC(=O)N(C)[C@@H](C(C)C)C(=O)N[C@@H](COCC[C@@H](C)O)C(=O)N(C)[C@@H](CC2CCCCC2)C(=O)N(C)[C@@H](CC2CCCC(Cl)C2)C(=O)N[C@@H](COC(C)(C)C)C(=O)N1C. The maximum absolute atomic E-state index is 15.9. The molecule has 0 bridgehead atoms. The fourth-order valence-electron chi connectivity index (χ4n) is 15.2. The van der Waals surface area contributed by atoms with Crippen molar-refractivity contribution >= 4 is 82.5 Å². The van der Waals surface area contributed by atoms with Crippen LogP contribution in [0.15, 0.2) is 0 Å². The van der Waals surface area contributed by atoms with Gasteiger partial charge in [-0.2, -0.15) is 0 Å². The molecule has 12 amide bonds. The van der Waals surface area contributed by atoms with E-state index in [1.54, 1.807) is 46.4 Å². The van der Waals surface area contributed by atoms with E-state index in [0.717, 1.165) is 56.3 Å². The van der Waals surface area contributed by atoms with Gasteiger partial charge in [-0.1, -0.05) is 100 Å². The van der Waals surface area contributed by atoms with Crippen LogP contribution in [-0.4, -0.2) is 293 Å². The number of amides is 12. The molecule has 4 rings (SSSR count). The van der Waals surface area contributed by atoms with Gasteiger partial charge in [0.25, 0.3) is 0 Å². The molecule has 2 unspecified atom stereocenters. The Morgan fingerprint density at radius 3 is 1.51 bits per heavy atom. The molecule has 0 aromatic carbocycles. The van der Waals surface area contributed by atoms with E-state index in [1.807, 2.05) is 41.5 Å². The molecule has 4 fully saturated rings. The van der Waals surface area contributed by atoms with Gasteiger partial charge in [-0.3, -0.25) is 57.5 Å². The van der Waals surface area contributed by atoms with E-state index in [-0.39, 0.29) is 99.5 Å². The molecule has 0 aromatic rings. The third kappa shape index (κ3) is 29.1. The standard InChI is InChI=1S/C79H139ClN12O16/c1-48(2)39-60-69(97)81-57(75(103)92-36-25-22-26-37-92)45-66(96)85(14)35-28-33-65(95)91(20)68(51(7)8)72(100)83-58(46-107-38-34-52(9)93)73(101)89(18)64(43-54-29-23-21-24-30-54)77(105)88(17)62(44-55-31-27-32-56(80)42-55)70(98)82-59(47-108-79(11,12)13)74(102)86(15)61(40-49(3)4)71(99)84-67(53(10)94)78(106)90(19)63(41-50(5)6)76(104)87(60)16/h48-64,67-68,93-94H,21-47H2,1-20H3,(H,81,97)(H,82,98)(H,83,100)(H,84,99)/t52-,53-,55?,56?,57+,58+,59+,60+,61+,62+,63+,64+,67+,68+/m1/s1. The van der Waals surface area contributed by atoms with Gasteiger partial charge < -0.3 is 80.2 Å². The number of likely N-dealkylation sites (N-methyl/N-ethyl adjacent to an activating group) is 6. The molecule has 2 heterocycles. The predicted octanol–water partition coefficient (Wildman–Crippen LogP) is 5.48. The maximum atomic E-state index is 15.9. The van der Waals surface area contributed by atoms with Crippen LogP contribution in [0.4, 0.5) is 0 Å². The van der Waals surface area contributed by atoms with E-state index < -0.39 is 175 Å². The highest BCUT2D eigenvalue weighted by atomic mass is 35.5.